The smallest absolute Gasteiger partial charge is 0.306 e. The van der Waals surface area contributed by atoms with Crippen LogP contribution in [-0.2, 0) is 14.3 Å². The quantitative estimate of drug-likeness (QED) is 0.142. The molecular formula is C29H35N3O5. The maximum absolute atomic E-state index is 12.2. The number of carbonyl (C=O) groups is 2. The lowest BCUT2D eigenvalue weighted by Crippen LogP contribution is -2.23. The summed E-state index contributed by atoms with van der Waals surface area (Å²) in [7, 11) is 0. The van der Waals surface area contributed by atoms with Crippen LogP contribution in [0, 0.1) is 0 Å². The number of esters is 1. The lowest BCUT2D eigenvalue weighted by molar-refractivity contribution is -0.155. The molecule has 0 saturated heterocycles. The Morgan fingerprint density at radius 2 is 1.92 bits per heavy atom. The van der Waals surface area contributed by atoms with Gasteiger partial charge in [0.05, 0.1) is 6.10 Å². The van der Waals surface area contributed by atoms with Gasteiger partial charge >= 0.3 is 5.97 Å². The molecular weight excluding hydrogens is 470 g/mol. The van der Waals surface area contributed by atoms with Crippen LogP contribution >= 0.6 is 0 Å². The van der Waals surface area contributed by atoms with Crippen LogP contribution < -0.4 is 10.1 Å². The van der Waals surface area contributed by atoms with Gasteiger partial charge in [0.1, 0.15) is 23.1 Å². The largest absolute Gasteiger partial charge is 0.474 e. The molecule has 3 rings (SSSR count). The Bertz CT molecular complexity index is 1240. The van der Waals surface area contributed by atoms with Crippen LogP contribution in [0.1, 0.15) is 58.9 Å². The zero-order valence-electron chi connectivity index (χ0n) is 22.0. The second-order valence-electron chi connectivity index (χ2n) is 9.70. The number of unbranched alkanes of at least 4 members (excludes halogenated alkanes) is 1. The number of hydrogen-bond donors (Lipinski definition) is 1. The summed E-state index contributed by atoms with van der Waals surface area (Å²) < 4.78 is 17.7. The van der Waals surface area contributed by atoms with E-state index in [2.05, 4.69) is 21.9 Å². The number of ether oxygens (including phenoxy) is 2. The van der Waals surface area contributed by atoms with E-state index in [4.69, 9.17) is 13.9 Å². The van der Waals surface area contributed by atoms with E-state index in [0.29, 0.717) is 47.7 Å². The van der Waals surface area contributed by atoms with Crippen LogP contribution in [-0.4, -0.2) is 40.1 Å². The molecule has 0 unspecified atom stereocenters. The van der Waals surface area contributed by atoms with E-state index in [1.54, 1.807) is 12.2 Å². The fraction of sp³-hybridized carbons (Fsp3) is 0.379. The van der Waals surface area contributed by atoms with Gasteiger partial charge in [0, 0.05) is 30.2 Å². The number of rotatable bonds is 12. The summed E-state index contributed by atoms with van der Waals surface area (Å²) in [5, 5.41) is 3.32. The van der Waals surface area contributed by atoms with E-state index in [1.165, 1.54) is 12.4 Å². The highest BCUT2D eigenvalue weighted by Gasteiger charge is 2.21. The standard InChI is InChI=1S/C29H35N3O5/c1-6-18-30-23(33)17-16-22-25-27(35-20(2)12-10-11-15-24(34)37-29(3,4)5)31-19-32-28(25)36-26(22)21-13-8-7-9-14-21/h6-9,13-14,16-17,19-20H,1,10-12,15,18H2,2-5H3,(H,30,33)/b17-16+/t20-/m1/s1. The van der Waals surface area contributed by atoms with Crippen molar-refractivity contribution >= 4 is 29.1 Å². The van der Waals surface area contributed by atoms with Gasteiger partial charge in [-0.1, -0.05) is 36.4 Å². The molecule has 37 heavy (non-hydrogen) atoms. The van der Waals surface area contributed by atoms with E-state index >= 15 is 0 Å². The number of nitrogens with zero attached hydrogens (tertiary/aromatic N) is 2. The van der Waals surface area contributed by atoms with Crippen LogP contribution in [0.5, 0.6) is 5.88 Å². The Kier molecular flexibility index (Phi) is 9.60. The summed E-state index contributed by atoms with van der Waals surface area (Å²) in [4.78, 5) is 32.9. The lowest BCUT2D eigenvalue weighted by Gasteiger charge is -2.19. The molecule has 1 N–H and O–H groups in total. The van der Waals surface area contributed by atoms with Crippen molar-refractivity contribution in [2.75, 3.05) is 6.54 Å². The van der Waals surface area contributed by atoms with E-state index < -0.39 is 5.60 Å². The molecule has 0 aliphatic heterocycles. The first-order chi connectivity index (χ1) is 17.7. The van der Waals surface area contributed by atoms with Crippen molar-refractivity contribution in [2.45, 2.75) is 65.1 Å². The fourth-order valence-corrected chi connectivity index (χ4v) is 3.71. The summed E-state index contributed by atoms with van der Waals surface area (Å²) in [6.07, 6.45) is 8.58. The van der Waals surface area contributed by atoms with Crippen LogP contribution in [0.4, 0.5) is 0 Å². The molecule has 1 aromatic carbocycles. The minimum Gasteiger partial charge on any atom is -0.474 e. The monoisotopic (exact) mass is 505 g/mol. The number of fused-ring (bicyclic) bond motifs is 1. The number of furan rings is 1. The molecule has 0 saturated carbocycles. The number of benzene rings is 1. The van der Waals surface area contributed by atoms with Crippen molar-refractivity contribution in [3.8, 4) is 17.2 Å². The molecule has 0 aliphatic rings. The molecule has 1 atom stereocenters. The second kappa shape index (κ2) is 12.9. The van der Waals surface area contributed by atoms with Crippen LogP contribution in [0.25, 0.3) is 28.5 Å². The third-order valence-electron chi connectivity index (χ3n) is 5.32. The first-order valence-electron chi connectivity index (χ1n) is 12.5. The number of amides is 1. The average molecular weight is 506 g/mol. The van der Waals surface area contributed by atoms with Gasteiger partial charge in [-0.3, -0.25) is 9.59 Å². The Hall–Kier alpha value is -3.94. The predicted molar refractivity (Wildman–Crippen MR) is 144 cm³/mol. The van der Waals surface area contributed by atoms with E-state index in [1.807, 2.05) is 58.0 Å². The first kappa shape index (κ1) is 27.6. The van der Waals surface area contributed by atoms with E-state index in [0.717, 1.165) is 18.4 Å². The Morgan fingerprint density at radius 1 is 1.16 bits per heavy atom. The second-order valence-corrected chi connectivity index (χ2v) is 9.70. The van der Waals surface area contributed by atoms with Crippen molar-refractivity contribution in [3.05, 3.63) is 61.0 Å². The topological polar surface area (TPSA) is 104 Å². The minimum atomic E-state index is -0.479. The van der Waals surface area contributed by atoms with Crippen molar-refractivity contribution in [1.82, 2.24) is 15.3 Å². The number of hydrogen-bond acceptors (Lipinski definition) is 7. The van der Waals surface area contributed by atoms with Crippen molar-refractivity contribution < 1.29 is 23.5 Å². The molecule has 0 radical (unpaired) electrons. The zero-order chi connectivity index (χ0) is 26.8. The fourth-order valence-electron chi connectivity index (χ4n) is 3.71. The highest BCUT2D eigenvalue weighted by Crippen LogP contribution is 2.38. The van der Waals surface area contributed by atoms with Crippen LogP contribution in [0.3, 0.4) is 0 Å². The Morgan fingerprint density at radius 3 is 2.62 bits per heavy atom. The molecule has 8 nitrogen and oxygen atoms in total. The maximum atomic E-state index is 12.2. The number of carbonyl (C=O) groups excluding carboxylic acids is 2. The molecule has 196 valence electrons. The van der Waals surface area contributed by atoms with Gasteiger partial charge in [-0.2, -0.15) is 0 Å². The molecule has 3 aromatic rings. The van der Waals surface area contributed by atoms with E-state index in [9.17, 15) is 9.59 Å². The molecule has 0 bridgehead atoms. The van der Waals surface area contributed by atoms with Gasteiger partial charge in [-0.05, 0) is 53.0 Å². The lowest BCUT2D eigenvalue weighted by atomic mass is 10.1. The third kappa shape index (κ3) is 8.31. The summed E-state index contributed by atoms with van der Waals surface area (Å²) in [5.74, 6) is 0.491. The molecule has 2 heterocycles. The number of nitrogens with one attached hydrogen (secondary N) is 1. The highest BCUT2D eigenvalue weighted by atomic mass is 16.6. The number of aromatic nitrogens is 2. The van der Waals surface area contributed by atoms with Crippen LogP contribution in [0.15, 0.2) is 59.8 Å². The minimum absolute atomic E-state index is 0.167. The molecule has 8 heteroatoms. The molecule has 1 amide bonds. The van der Waals surface area contributed by atoms with Gasteiger partial charge < -0.3 is 19.2 Å². The van der Waals surface area contributed by atoms with Crippen molar-refractivity contribution in [3.63, 3.8) is 0 Å². The molecule has 2 aromatic heterocycles. The summed E-state index contributed by atoms with van der Waals surface area (Å²) in [5.41, 5.74) is 1.38. The first-order valence-corrected chi connectivity index (χ1v) is 12.5. The van der Waals surface area contributed by atoms with Gasteiger partial charge in [-0.15, -0.1) is 6.58 Å². The van der Waals surface area contributed by atoms with Gasteiger partial charge in [0.15, 0.2) is 0 Å². The summed E-state index contributed by atoms with van der Waals surface area (Å²) >= 11 is 0. The van der Waals surface area contributed by atoms with E-state index in [-0.39, 0.29) is 18.0 Å². The Labute approximate surface area is 217 Å². The van der Waals surface area contributed by atoms with Crippen LogP contribution in [0.2, 0.25) is 0 Å². The zero-order valence-corrected chi connectivity index (χ0v) is 22.0. The SMILES string of the molecule is C=CCNC(=O)/C=C/c1c(-c2ccccc2)oc2ncnc(O[C@H](C)CCCCC(=O)OC(C)(C)C)c12. The normalized spacial score (nSPS) is 12.4. The highest BCUT2D eigenvalue weighted by molar-refractivity contribution is 6.00. The molecule has 0 spiro atoms. The predicted octanol–water partition coefficient (Wildman–Crippen LogP) is 5.87. The third-order valence-corrected chi connectivity index (χ3v) is 5.32. The summed E-state index contributed by atoms with van der Waals surface area (Å²) in [6, 6.07) is 9.59. The van der Waals surface area contributed by atoms with Gasteiger partial charge in [0.2, 0.25) is 17.5 Å². The van der Waals surface area contributed by atoms with Crippen molar-refractivity contribution in [1.29, 1.82) is 0 Å². The van der Waals surface area contributed by atoms with Gasteiger partial charge in [-0.25, -0.2) is 9.97 Å². The summed E-state index contributed by atoms with van der Waals surface area (Å²) in [6.45, 7) is 11.5. The molecule has 0 aliphatic carbocycles. The maximum Gasteiger partial charge on any atom is 0.306 e. The van der Waals surface area contributed by atoms with Gasteiger partial charge in [0.25, 0.3) is 0 Å². The molecule has 0 fully saturated rings. The van der Waals surface area contributed by atoms with Crippen molar-refractivity contribution in [2.24, 2.45) is 0 Å². The average Bonchev–Trinajstić information content (AvgIpc) is 3.23. The Balaban J connectivity index is 1.79.